The number of nitrogens with two attached hydrogens (primary N) is 1. The molecule has 0 aliphatic heterocycles. The van der Waals surface area contributed by atoms with E-state index < -0.39 is 0 Å². The number of ether oxygens (including phenoxy) is 1. The SMILES string of the molecule is CC(C)NC(=O)CCOc1cccc(C(C)N)c1. The molecule has 0 saturated carbocycles. The van der Waals surface area contributed by atoms with Crippen LogP contribution >= 0.6 is 0 Å². The number of hydrogen-bond acceptors (Lipinski definition) is 3. The van der Waals surface area contributed by atoms with Gasteiger partial charge in [0, 0.05) is 12.1 Å². The fraction of sp³-hybridized carbons (Fsp3) is 0.500. The standard InChI is InChI=1S/C14H22N2O2/c1-10(2)16-14(17)7-8-18-13-6-4-5-12(9-13)11(3)15/h4-6,9-11H,7-8,15H2,1-3H3,(H,16,17). The predicted octanol–water partition coefficient (Wildman–Crippen LogP) is 2.00. The number of hydrogen-bond donors (Lipinski definition) is 2. The second-order valence-electron chi connectivity index (χ2n) is 4.68. The van der Waals surface area contributed by atoms with Crippen LogP contribution in [0.1, 0.15) is 38.8 Å². The summed E-state index contributed by atoms with van der Waals surface area (Å²) in [6.07, 6.45) is 0.362. The third-order valence-electron chi connectivity index (χ3n) is 2.43. The molecule has 0 aliphatic rings. The normalized spacial score (nSPS) is 12.3. The van der Waals surface area contributed by atoms with Crippen LogP contribution < -0.4 is 15.8 Å². The molecule has 1 amide bonds. The van der Waals surface area contributed by atoms with Crippen molar-refractivity contribution in [1.82, 2.24) is 5.32 Å². The minimum absolute atomic E-state index is 0.00773. The van der Waals surface area contributed by atoms with Gasteiger partial charge in [-0.15, -0.1) is 0 Å². The van der Waals surface area contributed by atoms with E-state index in [2.05, 4.69) is 5.32 Å². The zero-order chi connectivity index (χ0) is 13.5. The van der Waals surface area contributed by atoms with E-state index in [-0.39, 0.29) is 18.0 Å². The Hall–Kier alpha value is -1.55. The lowest BCUT2D eigenvalue weighted by Gasteiger charge is -2.11. The van der Waals surface area contributed by atoms with Gasteiger partial charge in [0.2, 0.25) is 5.91 Å². The molecule has 0 fully saturated rings. The molecule has 0 aliphatic carbocycles. The highest BCUT2D eigenvalue weighted by Crippen LogP contribution is 2.17. The third kappa shape index (κ3) is 5.19. The van der Waals surface area contributed by atoms with Gasteiger partial charge in [0.25, 0.3) is 0 Å². The summed E-state index contributed by atoms with van der Waals surface area (Å²) in [5.74, 6) is 0.760. The Morgan fingerprint density at radius 1 is 1.39 bits per heavy atom. The average molecular weight is 250 g/mol. The lowest BCUT2D eigenvalue weighted by molar-refractivity contribution is -0.122. The maximum atomic E-state index is 11.4. The van der Waals surface area contributed by atoms with Crippen LogP contribution in [-0.4, -0.2) is 18.6 Å². The molecule has 1 atom stereocenters. The van der Waals surface area contributed by atoms with E-state index in [4.69, 9.17) is 10.5 Å². The van der Waals surface area contributed by atoms with Crippen molar-refractivity contribution < 1.29 is 9.53 Å². The number of rotatable bonds is 6. The summed E-state index contributed by atoms with van der Waals surface area (Å²) in [4.78, 5) is 11.4. The summed E-state index contributed by atoms with van der Waals surface area (Å²) in [6.45, 7) is 6.17. The first-order valence-electron chi connectivity index (χ1n) is 6.26. The number of benzene rings is 1. The van der Waals surface area contributed by atoms with Crippen LogP contribution in [0.4, 0.5) is 0 Å². The van der Waals surface area contributed by atoms with Crippen LogP contribution in [0, 0.1) is 0 Å². The molecule has 1 aromatic carbocycles. The first kappa shape index (κ1) is 14.5. The van der Waals surface area contributed by atoms with Crippen molar-refractivity contribution in [3.63, 3.8) is 0 Å². The van der Waals surface area contributed by atoms with Gasteiger partial charge in [-0.05, 0) is 38.5 Å². The fourth-order valence-corrected chi connectivity index (χ4v) is 1.54. The molecule has 0 spiro atoms. The third-order valence-corrected chi connectivity index (χ3v) is 2.43. The Morgan fingerprint density at radius 3 is 2.72 bits per heavy atom. The van der Waals surface area contributed by atoms with Crippen molar-refractivity contribution in [2.75, 3.05) is 6.61 Å². The van der Waals surface area contributed by atoms with Crippen LogP contribution in [0.2, 0.25) is 0 Å². The van der Waals surface area contributed by atoms with Gasteiger partial charge < -0.3 is 15.8 Å². The van der Waals surface area contributed by atoms with Crippen molar-refractivity contribution in [2.45, 2.75) is 39.3 Å². The first-order valence-corrected chi connectivity index (χ1v) is 6.26. The molecule has 1 rings (SSSR count). The summed E-state index contributed by atoms with van der Waals surface area (Å²) in [5, 5.41) is 2.82. The van der Waals surface area contributed by atoms with Crippen LogP contribution in [0.5, 0.6) is 5.75 Å². The van der Waals surface area contributed by atoms with Gasteiger partial charge in [-0.25, -0.2) is 0 Å². The van der Waals surface area contributed by atoms with Crippen molar-refractivity contribution in [3.8, 4) is 5.75 Å². The molecular weight excluding hydrogens is 228 g/mol. The molecule has 1 unspecified atom stereocenters. The van der Waals surface area contributed by atoms with Crippen molar-refractivity contribution in [1.29, 1.82) is 0 Å². The molecule has 0 bridgehead atoms. The van der Waals surface area contributed by atoms with Crippen LogP contribution in [0.15, 0.2) is 24.3 Å². The van der Waals surface area contributed by atoms with E-state index in [9.17, 15) is 4.79 Å². The van der Waals surface area contributed by atoms with Gasteiger partial charge in [0.15, 0.2) is 0 Å². The van der Waals surface area contributed by atoms with Gasteiger partial charge in [0.1, 0.15) is 5.75 Å². The monoisotopic (exact) mass is 250 g/mol. The second kappa shape index (κ2) is 7.01. The molecule has 0 heterocycles. The predicted molar refractivity (Wildman–Crippen MR) is 72.4 cm³/mol. The van der Waals surface area contributed by atoms with Crippen LogP contribution in [-0.2, 0) is 4.79 Å². The molecule has 0 aromatic heterocycles. The minimum Gasteiger partial charge on any atom is -0.493 e. The van der Waals surface area contributed by atoms with Gasteiger partial charge in [-0.3, -0.25) is 4.79 Å². The van der Waals surface area contributed by atoms with E-state index >= 15 is 0 Å². The van der Waals surface area contributed by atoms with Crippen LogP contribution in [0.3, 0.4) is 0 Å². The highest BCUT2D eigenvalue weighted by molar-refractivity contribution is 5.76. The van der Waals surface area contributed by atoms with E-state index in [0.29, 0.717) is 13.0 Å². The molecule has 1 aromatic rings. The van der Waals surface area contributed by atoms with E-state index in [1.54, 1.807) is 0 Å². The van der Waals surface area contributed by atoms with E-state index in [0.717, 1.165) is 11.3 Å². The van der Waals surface area contributed by atoms with Gasteiger partial charge in [-0.2, -0.15) is 0 Å². The lowest BCUT2D eigenvalue weighted by atomic mass is 10.1. The Labute approximate surface area is 109 Å². The minimum atomic E-state index is -0.0159. The zero-order valence-corrected chi connectivity index (χ0v) is 11.3. The Balaban J connectivity index is 2.39. The smallest absolute Gasteiger partial charge is 0.223 e. The van der Waals surface area contributed by atoms with E-state index in [1.807, 2.05) is 45.0 Å². The second-order valence-corrected chi connectivity index (χ2v) is 4.68. The Kier molecular flexibility index (Phi) is 5.65. The van der Waals surface area contributed by atoms with Crippen molar-refractivity contribution in [3.05, 3.63) is 29.8 Å². The number of carbonyl (C=O) groups excluding carboxylic acids is 1. The lowest BCUT2D eigenvalue weighted by Crippen LogP contribution is -2.31. The first-order chi connectivity index (χ1) is 8.49. The van der Waals surface area contributed by atoms with Gasteiger partial charge in [-0.1, -0.05) is 12.1 Å². The Morgan fingerprint density at radius 2 is 2.11 bits per heavy atom. The summed E-state index contributed by atoms with van der Waals surface area (Å²) < 4.78 is 5.53. The molecule has 18 heavy (non-hydrogen) atoms. The molecule has 100 valence electrons. The van der Waals surface area contributed by atoms with Crippen molar-refractivity contribution >= 4 is 5.91 Å². The highest BCUT2D eigenvalue weighted by atomic mass is 16.5. The zero-order valence-electron chi connectivity index (χ0n) is 11.3. The number of amides is 1. The molecule has 3 N–H and O–H groups in total. The average Bonchev–Trinajstić information content (AvgIpc) is 2.28. The number of carbonyl (C=O) groups is 1. The Bertz CT molecular complexity index is 389. The maximum absolute atomic E-state index is 11.4. The summed E-state index contributed by atoms with van der Waals surface area (Å²) in [5.41, 5.74) is 6.82. The van der Waals surface area contributed by atoms with Crippen molar-refractivity contribution in [2.24, 2.45) is 5.73 Å². The highest BCUT2D eigenvalue weighted by Gasteiger charge is 2.04. The van der Waals surface area contributed by atoms with E-state index in [1.165, 1.54) is 0 Å². The topological polar surface area (TPSA) is 64.3 Å². The molecular formula is C14H22N2O2. The molecule has 0 saturated heterocycles. The summed E-state index contributed by atoms with van der Waals surface area (Å²) in [7, 11) is 0. The number of nitrogens with one attached hydrogen (secondary N) is 1. The van der Waals surface area contributed by atoms with Crippen LogP contribution in [0.25, 0.3) is 0 Å². The maximum Gasteiger partial charge on any atom is 0.223 e. The fourth-order valence-electron chi connectivity index (χ4n) is 1.54. The summed E-state index contributed by atoms with van der Waals surface area (Å²) >= 11 is 0. The quantitative estimate of drug-likeness (QED) is 0.811. The van der Waals surface area contributed by atoms with Gasteiger partial charge >= 0.3 is 0 Å². The molecule has 0 radical (unpaired) electrons. The largest absolute Gasteiger partial charge is 0.493 e. The molecule has 4 heteroatoms. The molecule has 4 nitrogen and oxygen atoms in total. The summed E-state index contributed by atoms with van der Waals surface area (Å²) in [6, 6.07) is 7.79. The van der Waals surface area contributed by atoms with Gasteiger partial charge in [0.05, 0.1) is 13.0 Å².